The molecule has 0 unspecified atom stereocenters. The van der Waals surface area contributed by atoms with E-state index in [4.69, 9.17) is 4.74 Å². The summed E-state index contributed by atoms with van der Waals surface area (Å²) < 4.78 is 57.8. The lowest BCUT2D eigenvalue weighted by Gasteiger charge is -2.12. The number of benzene rings is 2. The number of hydrogen-bond donors (Lipinski definition) is 2. The molecule has 7 nitrogen and oxygen atoms in total. The maximum absolute atomic E-state index is 12.4. The van der Waals surface area contributed by atoms with Crippen molar-refractivity contribution >= 4 is 21.4 Å². The summed E-state index contributed by atoms with van der Waals surface area (Å²) in [5.74, 6) is -1.52. The summed E-state index contributed by atoms with van der Waals surface area (Å²) in [6.07, 6.45) is 0. The molecule has 2 rings (SSSR count). The number of phenolic OH excluding ortho intramolecular Hbond substituents is 1. The normalized spacial score (nSPS) is 11.3. The average molecular weight is 401 g/mol. The van der Waals surface area contributed by atoms with E-state index in [1.165, 1.54) is 32.2 Å². The third kappa shape index (κ3) is 4.85. The SMILES string of the molecule is CCS(=O)(=O)c1ccc(O)c(NC(=O)c2ccc(OC(F)F)c(OC)c2)c1. The van der Waals surface area contributed by atoms with Gasteiger partial charge in [0, 0.05) is 5.56 Å². The molecular weight excluding hydrogens is 384 g/mol. The van der Waals surface area contributed by atoms with Crippen molar-refractivity contribution in [2.45, 2.75) is 18.4 Å². The molecular formula is C17H17F2NO6S. The lowest BCUT2D eigenvalue weighted by Crippen LogP contribution is -2.13. The highest BCUT2D eigenvalue weighted by molar-refractivity contribution is 7.91. The van der Waals surface area contributed by atoms with E-state index in [2.05, 4.69) is 10.1 Å². The number of nitrogens with one attached hydrogen (secondary N) is 1. The lowest BCUT2D eigenvalue weighted by atomic mass is 10.1. The number of hydrogen-bond acceptors (Lipinski definition) is 6. The second kappa shape index (κ2) is 8.21. The molecule has 0 fully saturated rings. The van der Waals surface area contributed by atoms with Crippen molar-refractivity contribution in [1.29, 1.82) is 0 Å². The summed E-state index contributed by atoms with van der Waals surface area (Å²) in [6, 6.07) is 7.05. The number of sulfone groups is 1. The Morgan fingerprint density at radius 2 is 1.89 bits per heavy atom. The molecule has 0 aliphatic heterocycles. The van der Waals surface area contributed by atoms with E-state index in [0.717, 1.165) is 18.2 Å². The van der Waals surface area contributed by atoms with E-state index < -0.39 is 22.4 Å². The first kappa shape index (κ1) is 20.4. The van der Waals surface area contributed by atoms with Gasteiger partial charge in [-0.05, 0) is 36.4 Å². The fourth-order valence-electron chi connectivity index (χ4n) is 2.17. The first-order valence-corrected chi connectivity index (χ1v) is 9.33. The predicted octanol–water partition coefficient (Wildman–Crippen LogP) is 3.05. The van der Waals surface area contributed by atoms with Crippen molar-refractivity contribution in [3.8, 4) is 17.2 Å². The highest BCUT2D eigenvalue weighted by atomic mass is 32.2. The molecule has 10 heteroatoms. The molecule has 27 heavy (non-hydrogen) atoms. The van der Waals surface area contributed by atoms with Crippen molar-refractivity contribution < 1.29 is 36.6 Å². The van der Waals surface area contributed by atoms with Gasteiger partial charge in [-0.25, -0.2) is 8.42 Å². The summed E-state index contributed by atoms with van der Waals surface area (Å²) in [4.78, 5) is 12.3. The Morgan fingerprint density at radius 3 is 2.48 bits per heavy atom. The monoisotopic (exact) mass is 401 g/mol. The number of amides is 1. The fourth-order valence-corrected chi connectivity index (χ4v) is 3.08. The third-order valence-corrected chi connectivity index (χ3v) is 5.33. The van der Waals surface area contributed by atoms with E-state index >= 15 is 0 Å². The Kier molecular flexibility index (Phi) is 6.21. The van der Waals surface area contributed by atoms with Gasteiger partial charge in [0.1, 0.15) is 5.75 Å². The maximum Gasteiger partial charge on any atom is 0.387 e. The molecule has 0 aliphatic carbocycles. The van der Waals surface area contributed by atoms with Crippen LogP contribution in [0, 0.1) is 0 Å². The summed E-state index contributed by atoms with van der Waals surface area (Å²) in [7, 11) is -2.31. The number of carbonyl (C=O) groups excluding carboxylic acids is 1. The molecule has 2 aromatic carbocycles. The number of halogens is 2. The van der Waals surface area contributed by atoms with E-state index in [9.17, 15) is 27.1 Å². The summed E-state index contributed by atoms with van der Waals surface area (Å²) in [6.45, 7) is -1.59. The molecule has 0 aliphatic rings. The second-order valence-corrected chi connectivity index (χ2v) is 7.56. The number of methoxy groups -OCH3 is 1. The number of rotatable bonds is 7. The molecule has 0 aromatic heterocycles. The first-order valence-electron chi connectivity index (χ1n) is 7.68. The van der Waals surface area contributed by atoms with Crippen LogP contribution < -0.4 is 14.8 Å². The Bertz CT molecular complexity index is 946. The highest BCUT2D eigenvalue weighted by Crippen LogP contribution is 2.31. The second-order valence-electron chi connectivity index (χ2n) is 5.28. The molecule has 0 bridgehead atoms. The summed E-state index contributed by atoms with van der Waals surface area (Å²) in [5.41, 5.74) is -0.0852. The molecule has 0 heterocycles. The average Bonchev–Trinajstić information content (AvgIpc) is 2.63. The molecule has 0 spiro atoms. The van der Waals surface area contributed by atoms with Gasteiger partial charge in [0.05, 0.1) is 23.4 Å². The van der Waals surface area contributed by atoms with E-state index in [0.29, 0.717) is 0 Å². The standard InChI is InChI=1S/C17H17F2NO6S/c1-3-27(23,24)11-5-6-13(21)12(9-11)20-16(22)10-4-7-14(26-17(18)19)15(8-10)25-2/h4-9,17,21H,3H2,1-2H3,(H,20,22). The molecule has 2 N–H and O–H groups in total. The van der Waals surface area contributed by atoms with Gasteiger partial charge in [-0.3, -0.25) is 4.79 Å². The van der Waals surface area contributed by atoms with Crippen molar-refractivity contribution in [3.05, 3.63) is 42.0 Å². The van der Waals surface area contributed by atoms with Crippen molar-refractivity contribution in [2.75, 3.05) is 18.2 Å². The molecule has 1 amide bonds. The van der Waals surface area contributed by atoms with Gasteiger partial charge < -0.3 is 19.9 Å². The van der Waals surface area contributed by atoms with Gasteiger partial charge in [0.25, 0.3) is 5.91 Å². The van der Waals surface area contributed by atoms with Crippen LogP contribution in [0.2, 0.25) is 0 Å². The highest BCUT2D eigenvalue weighted by Gasteiger charge is 2.18. The van der Waals surface area contributed by atoms with E-state index in [-0.39, 0.29) is 39.1 Å². The molecule has 146 valence electrons. The van der Waals surface area contributed by atoms with Gasteiger partial charge in [0.2, 0.25) is 0 Å². The fraction of sp³-hybridized carbons (Fsp3) is 0.235. The first-order chi connectivity index (χ1) is 12.7. The van der Waals surface area contributed by atoms with E-state index in [1.54, 1.807) is 0 Å². The molecule has 0 saturated carbocycles. The Hall–Kier alpha value is -2.88. The zero-order valence-electron chi connectivity index (χ0n) is 14.4. The third-order valence-electron chi connectivity index (χ3n) is 3.60. The van der Waals surface area contributed by atoms with Crippen molar-refractivity contribution in [3.63, 3.8) is 0 Å². The van der Waals surface area contributed by atoms with Crippen LogP contribution >= 0.6 is 0 Å². The van der Waals surface area contributed by atoms with Crippen LogP contribution in [-0.2, 0) is 9.84 Å². The van der Waals surface area contributed by atoms with Gasteiger partial charge >= 0.3 is 6.61 Å². The predicted molar refractivity (Wildman–Crippen MR) is 93.4 cm³/mol. The zero-order chi connectivity index (χ0) is 20.2. The number of ether oxygens (including phenoxy) is 2. The molecule has 2 aromatic rings. The number of anilines is 1. The van der Waals surface area contributed by atoms with E-state index in [1.807, 2.05) is 0 Å². The van der Waals surface area contributed by atoms with Crippen LogP contribution in [0.3, 0.4) is 0 Å². The minimum atomic E-state index is -3.54. The number of carbonyl (C=O) groups is 1. The van der Waals surface area contributed by atoms with Crippen LogP contribution in [0.1, 0.15) is 17.3 Å². The number of aromatic hydroxyl groups is 1. The topological polar surface area (TPSA) is 102 Å². The van der Waals surface area contributed by atoms with Crippen LogP contribution in [-0.4, -0.2) is 38.9 Å². The van der Waals surface area contributed by atoms with Gasteiger partial charge in [-0.2, -0.15) is 8.78 Å². The van der Waals surface area contributed by atoms with Crippen LogP contribution in [0.25, 0.3) is 0 Å². The number of alkyl halides is 2. The minimum absolute atomic E-state index is 0.0246. The van der Waals surface area contributed by atoms with Crippen molar-refractivity contribution in [1.82, 2.24) is 0 Å². The molecule has 0 radical (unpaired) electrons. The summed E-state index contributed by atoms with van der Waals surface area (Å²) >= 11 is 0. The smallest absolute Gasteiger partial charge is 0.387 e. The lowest BCUT2D eigenvalue weighted by molar-refractivity contribution is -0.0512. The Balaban J connectivity index is 2.31. The largest absolute Gasteiger partial charge is 0.506 e. The van der Waals surface area contributed by atoms with Crippen LogP contribution in [0.5, 0.6) is 17.2 Å². The van der Waals surface area contributed by atoms with Crippen molar-refractivity contribution in [2.24, 2.45) is 0 Å². The quantitative estimate of drug-likeness (QED) is 0.692. The van der Waals surface area contributed by atoms with Gasteiger partial charge in [-0.1, -0.05) is 6.92 Å². The van der Waals surface area contributed by atoms with Crippen LogP contribution in [0.15, 0.2) is 41.3 Å². The maximum atomic E-state index is 12.4. The summed E-state index contributed by atoms with van der Waals surface area (Å²) in [5, 5.41) is 12.3. The molecule has 0 saturated heterocycles. The molecule has 0 atom stereocenters. The van der Waals surface area contributed by atoms with Gasteiger partial charge in [-0.15, -0.1) is 0 Å². The Morgan fingerprint density at radius 1 is 1.19 bits per heavy atom. The number of phenols is 1. The Labute approximate surface area is 154 Å². The van der Waals surface area contributed by atoms with Crippen LogP contribution in [0.4, 0.5) is 14.5 Å². The minimum Gasteiger partial charge on any atom is -0.506 e. The van der Waals surface area contributed by atoms with Gasteiger partial charge in [0.15, 0.2) is 21.3 Å². The zero-order valence-corrected chi connectivity index (χ0v) is 15.2.